The van der Waals surface area contributed by atoms with Crippen molar-refractivity contribution >= 4 is 11.9 Å². The quantitative estimate of drug-likeness (QED) is 0.417. The van der Waals surface area contributed by atoms with Crippen LogP contribution >= 0.6 is 0 Å². The molecule has 1 amide bonds. The number of hydrogen-bond acceptors (Lipinski definition) is 2. The van der Waals surface area contributed by atoms with Crippen LogP contribution in [-0.4, -0.2) is 24.5 Å². The molecule has 5 nitrogen and oxygen atoms in total. The summed E-state index contributed by atoms with van der Waals surface area (Å²) in [4.78, 5) is 11.5. The molecule has 0 aromatic carbocycles. The molecule has 5 N–H and O–H groups in total. The topological polar surface area (TPSA) is 91.0 Å². The van der Waals surface area contributed by atoms with Crippen LogP contribution in [0.3, 0.4) is 0 Å². The van der Waals surface area contributed by atoms with Gasteiger partial charge in [-0.05, 0) is 31.6 Å². The van der Waals surface area contributed by atoms with Gasteiger partial charge >= 0.3 is 0 Å². The molecular weight excluding hydrogens is 204 g/mol. The third-order valence-electron chi connectivity index (χ3n) is 3.05. The Balaban J connectivity index is 2.11. The lowest BCUT2D eigenvalue weighted by molar-refractivity contribution is -0.121. The van der Waals surface area contributed by atoms with Crippen molar-refractivity contribution in [3.05, 3.63) is 0 Å². The van der Waals surface area contributed by atoms with Gasteiger partial charge in [0, 0.05) is 19.0 Å². The van der Waals surface area contributed by atoms with Gasteiger partial charge in [0.2, 0.25) is 5.91 Å². The van der Waals surface area contributed by atoms with Crippen LogP contribution in [0.15, 0.2) is 0 Å². The van der Waals surface area contributed by atoms with Crippen LogP contribution in [0.2, 0.25) is 0 Å². The Morgan fingerprint density at radius 3 is 2.56 bits per heavy atom. The molecule has 0 aliphatic heterocycles. The lowest BCUT2D eigenvalue weighted by Crippen LogP contribution is -2.39. The Labute approximate surface area is 96.7 Å². The summed E-state index contributed by atoms with van der Waals surface area (Å²) < 4.78 is 0. The summed E-state index contributed by atoms with van der Waals surface area (Å²) in [5.74, 6) is 0.764. The highest BCUT2D eigenvalue weighted by molar-refractivity contribution is 5.78. The zero-order chi connectivity index (χ0) is 12.0. The van der Waals surface area contributed by atoms with Gasteiger partial charge < -0.3 is 16.4 Å². The van der Waals surface area contributed by atoms with E-state index in [1.807, 2.05) is 0 Å². The van der Waals surface area contributed by atoms with Gasteiger partial charge in [-0.1, -0.05) is 6.92 Å². The zero-order valence-electron chi connectivity index (χ0n) is 9.88. The summed E-state index contributed by atoms with van der Waals surface area (Å²) in [5.41, 5.74) is 5.12. The predicted molar refractivity (Wildman–Crippen MR) is 64.1 cm³/mol. The average Bonchev–Trinajstić information content (AvgIpc) is 2.21. The molecule has 1 saturated carbocycles. The summed E-state index contributed by atoms with van der Waals surface area (Å²) in [6.07, 6.45) is 4.97. The smallest absolute Gasteiger partial charge is 0.221 e. The fourth-order valence-electron chi connectivity index (χ4n) is 2.01. The minimum Gasteiger partial charge on any atom is -0.370 e. The van der Waals surface area contributed by atoms with Crippen LogP contribution in [0, 0.1) is 11.3 Å². The van der Waals surface area contributed by atoms with Crippen molar-refractivity contribution in [1.82, 2.24) is 10.6 Å². The van der Waals surface area contributed by atoms with Crippen LogP contribution in [0.4, 0.5) is 0 Å². The van der Waals surface area contributed by atoms with Crippen molar-refractivity contribution < 1.29 is 4.79 Å². The number of carbonyl (C=O) groups excluding carboxylic acids is 1. The molecule has 0 saturated heterocycles. The van der Waals surface area contributed by atoms with Crippen molar-refractivity contribution in [2.45, 2.75) is 45.1 Å². The van der Waals surface area contributed by atoms with E-state index in [1.165, 1.54) is 12.8 Å². The van der Waals surface area contributed by atoms with E-state index < -0.39 is 0 Å². The highest BCUT2D eigenvalue weighted by Crippen LogP contribution is 2.23. The molecule has 1 aliphatic rings. The molecule has 0 unspecified atom stereocenters. The van der Waals surface area contributed by atoms with Crippen LogP contribution in [0.5, 0.6) is 0 Å². The van der Waals surface area contributed by atoms with E-state index in [4.69, 9.17) is 11.1 Å². The third-order valence-corrected chi connectivity index (χ3v) is 3.05. The summed E-state index contributed by atoms with van der Waals surface area (Å²) >= 11 is 0. The molecule has 0 atom stereocenters. The van der Waals surface area contributed by atoms with E-state index in [1.54, 1.807) is 0 Å². The maximum atomic E-state index is 11.5. The summed E-state index contributed by atoms with van der Waals surface area (Å²) in [6.45, 7) is 2.69. The van der Waals surface area contributed by atoms with Crippen molar-refractivity contribution in [1.29, 1.82) is 5.41 Å². The normalized spacial score (nSPS) is 24.8. The predicted octanol–water partition coefficient (Wildman–Crippen LogP) is 0.554. The largest absolute Gasteiger partial charge is 0.370 e. The van der Waals surface area contributed by atoms with E-state index in [2.05, 4.69) is 17.6 Å². The Morgan fingerprint density at radius 1 is 1.38 bits per heavy atom. The second-order valence-corrected chi connectivity index (χ2v) is 4.61. The van der Waals surface area contributed by atoms with Gasteiger partial charge in [-0.2, -0.15) is 0 Å². The number of amides is 1. The fraction of sp³-hybridized carbons (Fsp3) is 0.818. The molecule has 0 spiro atoms. The molecule has 16 heavy (non-hydrogen) atoms. The van der Waals surface area contributed by atoms with E-state index in [0.717, 1.165) is 18.8 Å². The first-order valence-electron chi connectivity index (χ1n) is 5.95. The Kier molecular flexibility index (Phi) is 5.08. The molecule has 5 heteroatoms. The third kappa shape index (κ3) is 5.00. The van der Waals surface area contributed by atoms with Gasteiger partial charge in [-0.25, -0.2) is 0 Å². The molecule has 0 aromatic heterocycles. The molecule has 1 aliphatic carbocycles. The first kappa shape index (κ1) is 12.8. The fourth-order valence-corrected chi connectivity index (χ4v) is 2.01. The number of guanidine groups is 1. The van der Waals surface area contributed by atoms with Gasteiger partial charge in [0.15, 0.2) is 5.96 Å². The van der Waals surface area contributed by atoms with E-state index >= 15 is 0 Å². The second-order valence-electron chi connectivity index (χ2n) is 4.61. The van der Waals surface area contributed by atoms with Crippen molar-refractivity contribution in [2.75, 3.05) is 6.54 Å². The van der Waals surface area contributed by atoms with Gasteiger partial charge in [-0.15, -0.1) is 0 Å². The minimum atomic E-state index is -0.0840. The molecule has 1 fully saturated rings. The highest BCUT2D eigenvalue weighted by Gasteiger charge is 2.19. The van der Waals surface area contributed by atoms with Crippen LogP contribution in [0.25, 0.3) is 0 Å². The lowest BCUT2D eigenvalue weighted by Gasteiger charge is -2.26. The maximum absolute atomic E-state index is 11.5. The first-order valence-corrected chi connectivity index (χ1v) is 5.95. The molecule has 92 valence electrons. The number of nitrogens with two attached hydrogens (primary N) is 1. The lowest BCUT2D eigenvalue weighted by atomic mass is 9.87. The molecule has 0 radical (unpaired) electrons. The average molecular weight is 226 g/mol. The van der Waals surface area contributed by atoms with Gasteiger partial charge in [-0.3, -0.25) is 10.2 Å². The van der Waals surface area contributed by atoms with E-state index in [0.29, 0.717) is 19.0 Å². The molecule has 0 bridgehead atoms. The first-order chi connectivity index (χ1) is 7.58. The summed E-state index contributed by atoms with van der Waals surface area (Å²) in [5, 5.41) is 12.6. The number of hydrogen-bond donors (Lipinski definition) is 4. The molecular formula is C11H22N4O. The van der Waals surface area contributed by atoms with Crippen molar-refractivity contribution in [3.8, 4) is 0 Å². The van der Waals surface area contributed by atoms with E-state index in [-0.39, 0.29) is 11.9 Å². The Morgan fingerprint density at radius 2 is 2.00 bits per heavy atom. The maximum Gasteiger partial charge on any atom is 0.221 e. The number of carbonyl (C=O) groups is 1. The summed E-state index contributed by atoms with van der Waals surface area (Å²) in [6, 6.07) is 0.348. The van der Waals surface area contributed by atoms with Crippen molar-refractivity contribution in [3.63, 3.8) is 0 Å². The standard InChI is InChI=1S/C11H22N4O/c1-8-2-4-9(5-3-8)15-10(16)6-7-14-11(12)13/h8-9H,2-7H2,1H3,(H,15,16)(H4,12,13,14). The number of rotatable bonds is 4. The minimum absolute atomic E-state index is 0.0494. The number of nitrogens with one attached hydrogen (secondary N) is 3. The Hall–Kier alpha value is -1.26. The SMILES string of the molecule is CC1CCC(NC(=O)CCNC(=N)N)CC1. The van der Waals surface area contributed by atoms with Crippen LogP contribution in [0.1, 0.15) is 39.0 Å². The van der Waals surface area contributed by atoms with Crippen LogP contribution < -0.4 is 16.4 Å². The monoisotopic (exact) mass is 226 g/mol. The van der Waals surface area contributed by atoms with Gasteiger partial charge in [0.25, 0.3) is 0 Å². The van der Waals surface area contributed by atoms with Gasteiger partial charge in [0.1, 0.15) is 0 Å². The van der Waals surface area contributed by atoms with Crippen LogP contribution in [-0.2, 0) is 4.79 Å². The highest BCUT2D eigenvalue weighted by atomic mass is 16.1. The molecule has 0 aromatic rings. The molecule has 0 heterocycles. The second kappa shape index (κ2) is 6.35. The molecule has 1 rings (SSSR count). The van der Waals surface area contributed by atoms with Crippen molar-refractivity contribution in [2.24, 2.45) is 11.7 Å². The van der Waals surface area contributed by atoms with E-state index in [9.17, 15) is 4.79 Å². The summed E-state index contributed by atoms with van der Waals surface area (Å²) in [7, 11) is 0. The Bertz CT molecular complexity index is 246. The zero-order valence-corrected chi connectivity index (χ0v) is 9.88. The van der Waals surface area contributed by atoms with Gasteiger partial charge in [0.05, 0.1) is 0 Å².